The van der Waals surface area contributed by atoms with E-state index in [1.165, 1.54) is 25.6 Å². The fourth-order valence-corrected chi connectivity index (χ4v) is 3.46. The smallest absolute Gasteiger partial charge is 0.387 e. The SMILES string of the molecule is COc1cc(Nc2ncnc(-c3ccc(OC4CCOCC4)c(C)c3)n2)ccc1OC(F)F. The van der Waals surface area contributed by atoms with E-state index in [9.17, 15) is 8.78 Å². The van der Waals surface area contributed by atoms with Crippen LogP contribution < -0.4 is 19.5 Å². The first-order chi connectivity index (χ1) is 16.0. The zero-order valence-electron chi connectivity index (χ0n) is 18.3. The number of halogens is 2. The molecule has 2 aromatic carbocycles. The largest absolute Gasteiger partial charge is 0.493 e. The van der Waals surface area contributed by atoms with Gasteiger partial charge in [-0.05, 0) is 42.8 Å². The molecule has 3 aromatic rings. The van der Waals surface area contributed by atoms with Crippen molar-refractivity contribution in [3.8, 4) is 28.6 Å². The van der Waals surface area contributed by atoms with Gasteiger partial charge in [0.15, 0.2) is 17.3 Å². The number of methoxy groups -OCH3 is 1. The van der Waals surface area contributed by atoms with E-state index < -0.39 is 6.61 Å². The summed E-state index contributed by atoms with van der Waals surface area (Å²) < 4.78 is 46.1. The Labute approximate surface area is 189 Å². The molecule has 0 unspecified atom stereocenters. The third-order valence-electron chi connectivity index (χ3n) is 5.10. The summed E-state index contributed by atoms with van der Waals surface area (Å²) in [6.07, 6.45) is 3.32. The van der Waals surface area contributed by atoms with Crippen molar-refractivity contribution in [2.24, 2.45) is 0 Å². The second kappa shape index (κ2) is 10.4. The van der Waals surface area contributed by atoms with Crippen LogP contribution in [-0.2, 0) is 4.74 Å². The number of anilines is 2. The lowest BCUT2D eigenvalue weighted by atomic mass is 10.1. The molecule has 1 saturated heterocycles. The molecule has 0 bridgehead atoms. The lowest BCUT2D eigenvalue weighted by Crippen LogP contribution is -2.26. The summed E-state index contributed by atoms with van der Waals surface area (Å²) >= 11 is 0. The molecule has 0 saturated carbocycles. The molecule has 10 heteroatoms. The molecule has 0 atom stereocenters. The molecule has 0 radical (unpaired) electrons. The quantitative estimate of drug-likeness (QED) is 0.517. The molecule has 0 spiro atoms. The van der Waals surface area contributed by atoms with Gasteiger partial charge in [0.2, 0.25) is 5.95 Å². The zero-order valence-corrected chi connectivity index (χ0v) is 18.3. The molecule has 1 aliphatic heterocycles. The van der Waals surface area contributed by atoms with Gasteiger partial charge in [-0.1, -0.05) is 0 Å². The predicted octanol–water partition coefficient (Wildman–Crippen LogP) is 4.76. The molecular formula is C23H24F2N4O4. The molecule has 8 nitrogen and oxygen atoms in total. The fraction of sp³-hybridized carbons (Fsp3) is 0.348. The Bertz CT molecular complexity index is 1090. The van der Waals surface area contributed by atoms with Crippen molar-refractivity contribution in [1.82, 2.24) is 15.0 Å². The average Bonchev–Trinajstić information content (AvgIpc) is 2.82. The van der Waals surface area contributed by atoms with Crippen LogP contribution in [0.4, 0.5) is 20.4 Å². The van der Waals surface area contributed by atoms with E-state index in [4.69, 9.17) is 14.2 Å². The highest BCUT2D eigenvalue weighted by atomic mass is 19.3. The first-order valence-electron chi connectivity index (χ1n) is 10.5. The molecule has 174 valence electrons. The maximum atomic E-state index is 12.5. The number of alkyl halides is 2. The van der Waals surface area contributed by atoms with Gasteiger partial charge < -0.3 is 24.3 Å². The highest BCUT2D eigenvalue weighted by molar-refractivity contribution is 5.63. The van der Waals surface area contributed by atoms with Crippen LogP contribution in [0.25, 0.3) is 11.4 Å². The number of nitrogens with zero attached hydrogens (tertiary/aromatic N) is 3. The normalized spacial score (nSPS) is 14.2. The van der Waals surface area contributed by atoms with Crippen LogP contribution in [0, 0.1) is 6.92 Å². The van der Waals surface area contributed by atoms with E-state index in [-0.39, 0.29) is 17.6 Å². The molecule has 1 N–H and O–H groups in total. The number of benzene rings is 2. The lowest BCUT2D eigenvalue weighted by molar-refractivity contribution is -0.0512. The first kappa shape index (κ1) is 22.7. The van der Waals surface area contributed by atoms with Gasteiger partial charge in [-0.3, -0.25) is 0 Å². The third kappa shape index (κ3) is 5.83. The van der Waals surface area contributed by atoms with Gasteiger partial charge in [0, 0.05) is 30.2 Å². The number of rotatable bonds is 8. The van der Waals surface area contributed by atoms with Gasteiger partial charge in [0.1, 0.15) is 18.2 Å². The molecule has 0 amide bonds. The van der Waals surface area contributed by atoms with Crippen LogP contribution >= 0.6 is 0 Å². The minimum atomic E-state index is -2.94. The van der Waals surface area contributed by atoms with Crippen LogP contribution in [0.2, 0.25) is 0 Å². The van der Waals surface area contributed by atoms with Gasteiger partial charge in [-0.25, -0.2) is 9.97 Å². The van der Waals surface area contributed by atoms with Crippen molar-refractivity contribution in [1.29, 1.82) is 0 Å². The minimum Gasteiger partial charge on any atom is -0.493 e. The third-order valence-corrected chi connectivity index (χ3v) is 5.10. The molecule has 33 heavy (non-hydrogen) atoms. The summed E-state index contributed by atoms with van der Waals surface area (Å²) in [6, 6.07) is 10.3. The number of nitrogens with one attached hydrogen (secondary N) is 1. The summed E-state index contributed by atoms with van der Waals surface area (Å²) in [6.45, 7) is 0.473. The van der Waals surface area contributed by atoms with E-state index in [1.807, 2.05) is 25.1 Å². The highest BCUT2D eigenvalue weighted by Crippen LogP contribution is 2.32. The summed E-state index contributed by atoms with van der Waals surface area (Å²) in [5.74, 6) is 1.71. The Morgan fingerprint density at radius 1 is 1.03 bits per heavy atom. The van der Waals surface area contributed by atoms with Gasteiger partial charge in [-0.15, -0.1) is 0 Å². The number of hydrogen-bond donors (Lipinski definition) is 1. The summed E-state index contributed by atoms with van der Waals surface area (Å²) in [5.41, 5.74) is 2.34. The van der Waals surface area contributed by atoms with E-state index in [1.54, 1.807) is 6.07 Å². The van der Waals surface area contributed by atoms with Crippen LogP contribution in [0.15, 0.2) is 42.7 Å². The number of aryl methyl sites for hydroxylation is 1. The van der Waals surface area contributed by atoms with Crippen molar-refractivity contribution in [2.75, 3.05) is 25.6 Å². The standard InChI is InChI=1S/C23H24F2N4O4/c1-14-11-15(3-5-18(14)32-17-7-9-31-10-8-17)21-26-13-27-23(29-21)28-16-4-6-19(33-22(24)25)20(12-16)30-2/h3-6,11-13,17,22H,7-10H2,1-2H3,(H,26,27,28,29). The number of ether oxygens (including phenoxy) is 4. The topological polar surface area (TPSA) is 87.6 Å². The molecule has 0 aliphatic carbocycles. The second-order valence-corrected chi connectivity index (χ2v) is 7.41. The Balaban J connectivity index is 1.49. The first-order valence-corrected chi connectivity index (χ1v) is 10.5. The van der Waals surface area contributed by atoms with E-state index >= 15 is 0 Å². The van der Waals surface area contributed by atoms with Gasteiger partial charge in [0.25, 0.3) is 0 Å². The zero-order chi connectivity index (χ0) is 23.2. The molecular weight excluding hydrogens is 434 g/mol. The van der Waals surface area contributed by atoms with Crippen molar-refractivity contribution in [3.05, 3.63) is 48.3 Å². The summed E-state index contributed by atoms with van der Waals surface area (Å²) in [4.78, 5) is 12.9. The van der Waals surface area contributed by atoms with Crippen molar-refractivity contribution in [3.63, 3.8) is 0 Å². The Hall–Kier alpha value is -3.53. The van der Waals surface area contributed by atoms with E-state index in [0.717, 1.165) is 42.9 Å². The average molecular weight is 458 g/mol. The maximum absolute atomic E-state index is 12.5. The van der Waals surface area contributed by atoms with E-state index in [0.29, 0.717) is 17.5 Å². The van der Waals surface area contributed by atoms with Crippen molar-refractivity contribution < 1.29 is 27.7 Å². The number of aromatic nitrogens is 3. The maximum Gasteiger partial charge on any atom is 0.387 e. The highest BCUT2D eigenvalue weighted by Gasteiger charge is 2.17. The van der Waals surface area contributed by atoms with Crippen molar-refractivity contribution >= 4 is 11.6 Å². The van der Waals surface area contributed by atoms with E-state index in [2.05, 4.69) is 25.0 Å². The molecule has 1 fully saturated rings. The van der Waals surface area contributed by atoms with Crippen LogP contribution in [-0.4, -0.2) is 48.0 Å². The Morgan fingerprint density at radius 2 is 1.82 bits per heavy atom. The molecule has 4 rings (SSSR count). The van der Waals surface area contributed by atoms with Gasteiger partial charge in [0.05, 0.1) is 20.3 Å². The van der Waals surface area contributed by atoms with Gasteiger partial charge >= 0.3 is 6.61 Å². The molecule has 2 heterocycles. The fourth-order valence-electron chi connectivity index (χ4n) is 3.46. The lowest BCUT2D eigenvalue weighted by Gasteiger charge is -2.24. The summed E-state index contributed by atoms with van der Waals surface area (Å²) in [5, 5.41) is 3.03. The Kier molecular flexibility index (Phi) is 7.13. The number of hydrogen-bond acceptors (Lipinski definition) is 8. The minimum absolute atomic E-state index is 0.0621. The predicted molar refractivity (Wildman–Crippen MR) is 117 cm³/mol. The monoisotopic (exact) mass is 458 g/mol. The molecule has 1 aliphatic rings. The van der Waals surface area contributed by atoms with Gasteiger partial charge in [-0.2, -0.15) is 13.8 Å². The van der Waals surface area contributed by atoms with Crippen LogP contribution in [0.1, 0.15) is 18.4 Å². The second-order valence-electron chi connectivity index (χ2n) is 7.41. The van der Waals surface area contributed by atoms with Crippen LogP contribution in [0.3, 0.4) is 0 Å². The summed E-state index contributed by atoms with van der Waals surface area (Å²) in [7, 11) is 1.37. The Morgan fingerprint density at radius 3 is 2.55 bits per heavy atom. The van der Waals surface area contributed by atoms with Crippen LogP contribution in [0.5, 0.6) is 17.2 Å². The molecule has 1 aromatic heterocycles. The van der Waals surface area contributed by atoms with Crippen molar-refractivity contribution in [2.45, 2.75) is 32.5 Å².